The van der Waals surface area contributed by atoms with Gasteiger partial charge in [-0.3, -0.25) is 0 Å². The first-order chi connectivity index (χ1) is 9.60. The van der Waals surface area contributed by atoms with Crippen molar-refractivity contribution in [2.45, 2.75) is 20.3 Å². The first-order valence-electron chi connectivity index (χ1n) is 7.67. The van der Waals surface area contributed by atoms with Gasteiger partial charge in [0.2, 0.25) is 0 Å². The van der Waals surface area contributed by atoms with Gasteiger partial charge in [-0.15, -0.1) is 0 Å². The average molecular weight is 314 g/mol. The normalized spacial score (nSPS) is 22.5. The Morgan fingerprint density at radius 1 is 1.29 bits per heavy atom. The maximum Gasteiger partial charge on any atom is 0.102 e. The fourth-order valence-electron chi connectivity index (χ4n) is 3.18. The zero-order valence-electron chi connectivity index (χ0n) is 13.2. The smallest absolute Gasteiger partial charge is 0.102 e. The Bertz CT molecular complexity index is 455. The van der Waals surface area contributed by atoms with Crippen LogP contribution in [0.3, 0.4) is 0 Å². The summed E-state index contributed by atoms with van der Waals surface area (Å²) in [5.74, 6) is 0. The van der Waals surface area contributed by atoms with Crippen LogP contribution < -0.4 is 23.0 Å². The largest absolute Gasteiger partial charge is 1.00 e. The summed E-state index contributed by atoms with van der Waals surface area (Å²) in [4.78, 5) is 2.46. The van der Waals surface area contributed by atoms with E-state index in [0.29, 0.717) is 0 Å². The highest BCUT2D eigenvalue weighted by Gasteiger charge is 2.28. The number of anilines is 2. The maximum atomic E-state index is 9.31. The van der Waals surface area contributed by atoms with Crippen molar-refractivity contribution in [1.29, 1.82) is 0 Å². The third-order valence-corrected chi connectivity index (χ3v) is 4.77. The van der Waals surface area contributed by atoms with Gasteiger partial charge in [-0.2, -0.15) is 0 Å². The van der Waals surface area contributed by atoms with Gasteiger partial charge in [0, 0.05) is 24.3 Å². The predicted molar refractivity (Wildman–Crippen MR) is 84.9 cm³/mol. The Morgan fingerprint density at radius 3 is 2.67 bits per heavy atom. The van der Waals surface area contributed by atoms with Crippen molar-refractivity contribution < 1.29 is 22.0 Å². The first kappa shape index (κ1) is 18.1. The SMILES string of the molecule is CC[N+]1(CCO)CCCN(c2ccc(N)c(C)c2)CC1.[Cl-]. The lowest BCUT2D eigenvalue weighted by molar-refractivity contribution is -0.924. The van der Waals surface area contributed by atoms with Gasteiger partial charge in [-0.1, -0.05) is 0 Å². The molecule has 1 atom stereocenters. The summed E-state index contributed by atoms with van der Waals surface area (Å²) in [6, 6.07) is 6.32. The van der Waals surface area contributed by atoms with Gasteiger partial charge in [0.05, 0.1) is 32.8 Å². The first-order valence-corrected chi connectivity index (χ1v) is 7.67. The van der Waals surface area contributed by atoms with E-state index in [1.807, 2.05) is 6.07 Å². The van der Waals surface area contributed by atoms with Crippen LogP contribution in [0.4, 0.5) is 11.4 Å². The van der Waals surface area contributed by atoms with Gasteiger partial charge in [-0.25, -0.2) is 0 Å². The Balaban J connectivity index is 0.00000220. The van der Waals surface area contributed by atoms with Gasteiger partial charge in [0.1, 0.15) is 6.54 Å². The lowest BCUT2D eigenvalue weighted by Gasteiger charge is -2.36. The maximum absolute atomic E-state index is 9.31. The van der Waals surface area contributed by atoms with Crippen LogP contribution in [0.15, 0.2) is 18.2 Å². The number of benzene rings is 1. The number of aliphatic hydroxyl groups is 1. The molecular weight excluding hydrogens is 286 g/mol. The quantitative estimate of drug-likeness (QED) is 0.532. The minimum Gasteiger partial charge on any atom is -1.00 e. The van der Waals surface area contributed by atoms with E-state index in [-0.39, 0.29) is 19.0 Å². The van der Waals surface area contributed by atoms with Crippen molar-refractivity contribution in [2.75, 3.05) is 56.5 Å². The van der Waals surface area contributed by atoms with Crippen LogP contribution in [0.5, 0.6) is 0 Å². The molecule has 21 heavy (non-hydrogen) atoms. The van der Waals surface area contributed by atoms with E-state index in [2.05, 4.69) is 30.9 Å². The molecule has 3 N–H and O–H groups in total. The third kappa shape index (κ3) is 4.25. The summed E-state index contributed by atoms with van der Waals surface area (Å²) >= 11 is 0. The van der Waals surface area contributed by atoms with E-state index < -0.39 is 0 Å². The van der Waals surface area contributed by atoms with Crippen LogP contribution in [-0.4, -0.2) is 55.5 Å². The van der Waals surface area contributed by atoms with Crippen LogP contribution in [0.25, 0.3) is 0 Å². The molecule has 1 saturated heterocycles. The highest BCUT2D eigenvalue weighted by atomic mass is 35.5. The number of hydrogen-bond donors (Lipinski definition) is 2. The molecule has 1 aromatic carbocycles. The lowest BCUT2D eigenvalue weighted by Crippen LogP contribution is -3.00. The molecule has 1 aromatic rings. The van der Waals surface area contributed by atoms with Crippen LogP contribution in [0.2, 0.25) is 0 Å². The Kier molecular flexibility index (Phi) is 6.78. The Morgan fingerprint density at radius 2 is 2.05 bits per heavy atom. The number of quaternary nitrogens is 1. The summed E-state index contributed by atoms with van der Waals surface area (Å²) in [5.41, 5.74) is 9.19. The second kappa shape index (κ2) is 7.87. The monoisotopic (exact) mass is 313 g/mol. The molecule has 0 amide bonds. The molecule has 0 spiro atoms. The van der Waals surface area contributed by atoms with Crippen molar-refractivity contribution in [1.82, 2.24) is 0 Å². The number of nitrogens with two attached hydrogens (primary N) is 1. The van der Waals surface area contributed by atoms with E-state index in [4.69, 9.17) is 5.73 Å². The van der Waals surface area contributed by atoms with Crippen molar-refractivity contribution in [2.24, 2.45) is 0 Å². The molecule has 0 bridgehead atoms. The number of aryl methyl sites for hydroxylation is 1. The molecule has 1 heterocycles. The molecule has 120 valence electrons. The fraction of sp³-hybridized carbons (Fsp3) is 0.625. The van der Waals surface area contributed by atoms with Crippen molar-refractivity contribution >= 4 is 11.4 Å². The molecule has 4 nitrogen and oxygen atoms in total. The number of aliphatic hydroxyl groups excluding tert-OH is 1. The highest BCUT2D eigenvalue weighted by molar-refractivity contribution is 5.58. The van der Waals surface area contributed by atoms with Crippen molar-refractivity contribution in [3.63, 3.8) is 0 Å². The zero-order valence-corrected chi connectivity index (χ0v) is 13.9. The molecule has 5 heteroatoms. The molecule has 1 aliphatic heterocycles. The standard InChI is InChI=1S/C16H28N3O.ClH/c1-3-19(11-12-20)9-4-7-18(8-10-19)15-5-6-16(17)14(2)13-15;/h5-6,13,20H,3-4,7-12,17H2,1-2H3;1H/q+1;/p-1. The number of likely N-dealkylation sites (N-methyl/N-ethyl adjacent to an activating group) is 1. The molecule has 1 unspecified atom stereocenters. The van der Waals surface area contributed by atoms with E-state index in [1.165, 1.54) is 18.7 Å². The van der Waals surface area contributed by atoms with Gasteiger partial charge in [-0.05, 0) is 37.6 Å². The topological polar surface area (TPSA) is 49.5 Å². The van der Waals surface area contributed by atoms with E-state index >= 15 is 0 Å². The molecule has 1 fully saturated rings. The number of hydrogen-bond acceptors (Lipinski definition) is 3. The molecule has 0 saturated carbocycles. The number of nitrogen functional groups attached to an aromatic ring is 1. The summed E-state index contributed by atoms with van der Waals surface area (Å²) in [5, 5.41) is 9.31. The second-order valence-corrected chi connectivity index (χ2v) is 5.93. The van der Waals surface area contributed by atoms with Crippen LogP contribution >= 0.6 is 0 Å². The molecule has 2 rings (SSSR count). The summed E-state index contributed by atoms with van der Waals surface area (Å²) in [7, 11) is 0. The number of halogens is 1. The third-order valence-electron chi connectivity index (χ3n) is 4.77. The Labute approximate surface area is 134 Å². The minimum atomic E-state index is 0. The van der Waals surface area contributed by atoms with E-state index in [0.717, 1.165) is 48.5 Å². The van der Waals surface area contributed by atoms with Gasteiger partial charge in [0.25, 0.3) is 0 Å². The van der Waals surface area contributed by atoms with E-state index in [1.54, 1.807) is 0 Å². The van der Waals surface area contributed by atoms with Gasteiger partial charge >= 0.3 is 0 Å². The molecular formula is C16H28ClN3O. The van der Waals surface area contributed by atoms with Crippen LogP contribution in [0, 0.1) is 6.92 Å². The number of rotatable bonds is 4. The molecule has 0 aliphatic carbocycles. The summed E-state index contributed by atoms with van der Waals surface area (Å²) < 4.78 is 1.04. The van der Waals surface area contributed by atoms with Crippen molar-refractivity contribution in [3.05, 3.63) is 23.8 Å². The van der Waals surface area contributed by atoms with E-state index in [9.17, 15) is 5.11 Å². The minimum absolute atomic E-state index is 0. The van der Waals surface area contributed by atoms with Crippen LogP contribution in [0.1, 0.15) is 18.9 Å². The molecule has 0 aromatic heterocycles. The summed E-state index contributed by atoms with van der Waals surface area (Å²) in [6.07, 6.45) is 1.18. The zero-order chi connectivity index (χ0) is 14.6. The number of nitrogens with zero attached hydrogens (tertiary/aromatic N) is 2. The lowest BCUT2D eigenvalue weighted by atomic mass is 10.1. The molecule has 1 aliphatic rings. The fourth-order valence-corrected chi connectivity index (χ4v) is 3.18. The van der Waals surface area contributed by atoms with Gasteiger partial charge < -0.3 is 32.6 Å². The van der Waals surface area contributed by atoms with Crippen molar-refractivity contribution in [3.8, 4) is 0 Å². The Hall–Kier alpha value is -0.970. The summed E-state index contributed by atoms with van der Waals surface area (Å²) in [6.45, 7) is 11.0. The second-order valence-electron chi connectivity index (χ2n) is 5.93. The van der Waals surface area contributed by atoms with Gasteiger partial charge in [0.15, 0.2) is 0 Å². The average Bonchev–Trinajstić information content (AvgIpc) is 2.66. The highest BCUT2D eigenvalue weighted by Crippen LogP contribution is 2.23. The molecule has 0 radical (unpaired) electrons. The predicted octanol–water partition coefficient (Wildman–Crippen LogP) is -1.38. The van der Waals surface area contributed by atoms with Crippen LogP contribution in [-0.2, 0) is 0 Å².